The van der Waals surface area contributed by atoms with Crippen molar-refractivity contribution in [1.82, 2.24) is 19.8 Å². The van der Waals surface area contributed by atoms with E-state index in [0.29, 0.717) is 26.2 Å². The summed E-state index contributed by atoms with van der Waals surface area (Å²) in [5.41, 5.74) is 0. The van der Waals surface area contributed by atoms with Crippen LogP contribution in [0.2, 0.25) is 0 Å². The Balaban J connectivity index is 0.00000484. The Kier molecular flexibility index (Phi) is 10.7. The average Bonchev–Trinajstić information content (AvgIpc) is 2.50. The van der Waals surface area contributed by atoms with Crippen LogP contribution in [0.25, 0.3) is 0 Å². The molecule has 136 valence electrons. The van der Waals surface area contributed by atoms with E-state index in [9.17, 15) is 13.2 Å². The fourth-order valence-corrected chi connectivity index (χ4v) is 2.73. The van der Waals surface area contributed by atoms with Crippen molar-refractivity contribution >= 4 is 45.9 Å². The molecule has 10 heteroatoms. The van der Waals surface area contributed by atoms with Crippen molar-refractivity contribution in [3.05, 3.63) is 0 Å². The molecule has 0 saturated carbocycles. The predicted octanol–water partition coefficient (Wildman–Crippen LogP) is -0.327. The maximum Gasteiger partial charge on any atom is 0.219 e. The lowest BCUT2D eigenvalue weighted by Gasteiger charge is -2.36. The van der Waals surface area contributed by atoms with E-state index in [1.165, 1.54) is 0 Å². The van der Waals surface area contributed by atoms with Gasteiger partial charge >= 0.3 is 0 Å². The molecule has 23 heavy (non-hydrogen) atoms. The van der Waals surface area contributed by atoms with Gasteiger partial charge in [-0.1, -0.05) is 0 Å². The Morgan fingerprint density at radius 3 is 2.17 bits per heavy atom. The van der Waals surface area contributed by atoms with Gasteiger partial charge in [0.1, 0.15) is 0 Å². The summed E-state index contributed by atoms with van der Waals surface area (Å²) in [7, 11) is -3.17. The molecular weight excluding hydrogens is 433 g/mol. The van der Waals surface area contributed by atoms with Gasteiger partial charge in [0, 0.05) is 46.2 Å². The minimum atomic E-state index is -3.17. The molecule has 1 amide bonds. The van der Waals surface area contributed by atoms with Crippen LogP contribution in [-0.4, -0.2) is 81.7 Å². The van der Waals surface area contributed by atoms with Gasteiger partial charge in [-0.05, 0) is 13.8 Å². The third-order valence-corrected chi connectivity index (χ3v) is 4.84. The van der Waals surface area contributed by atoms with Gasteiger partial charge in [0.15, 0.2) is 5.96 Å². The van der Waals surface area contributed by atoms with Crippen LogP contribution in [0, 0.1) is 0 Å². The van der Waals surface area contributed by atoms with E-state index in [1.807, 2.05) is 11.8 Å². The topological polar surface area (TPSA) is 94.1 Å². The predicted molar refractivity (Wildman–Crippen MR) is 103 cm³/mol. The average molecular weight is 461 g/mol. The number of rotatable bonds is 6. The third-order valence-electron chi connectivity index (χ3n) is 3.43. The quantitative estimate of drug-likeness (QED) is 0.245. The molecule has 2 N–H and O–H groups in total. The van der Waals surface area contributed by atoms with Crippen molar-refractivity contribution in [2.45, 2.75) is 20.8 Å². The summed E-state index contributed by atoms with van der Waals surface area (Å²) >= 11 is 0. The van der Waals surface area contributed by atoms with Crippen LogP contribution in [0.5, 0.6) is 0 Å². The van der Waals surface area contributed by atoms with Crippen LogP contribution in [-0.2, 0) is 14.8 Å². The zero-order chi connectivity index (χ0) is 16.6. The monoisotopic (exact) mass is 461 g/mol. The molecule has 1 aliphatic rings. The summed E-state index contributed by atoms with van der Waals surface area (Å²) < 4.78 is 25.2. The second kappa shape index (κ2) is 11.0. The summed E-state index contributed by atoms with van der Waals surface area (Å²) in [5, 5.41) is 3.20. The van der Waals surface area contributed by atoms with Crippen molar-refractivity contribution in [3.8, 4) is 0 Å². The summed E-state index contributed by atoms with van der Waals surface area (Å²) in [6.07, 6.45) is 0. The molecule has 1 rings (SSSR count). The van der Waals surface area contributed by atoms with Crippen LogP contribution in [0.15, 0.2) is 4.99 Å². The molecule has 0 radical (unpaired) electrons. The number of guanidine groups is 1. The number of sulfonamides is 1. The van der Waals surface area contributed by atoms with Gasteiger partial charge in [-0.3, -0.25) is 9.79 Å². The molecular formula is C13H28IN5O3S. The fraction of sp³-hybridized carbons (Fsp3) is 0.846. The van der Waals surface area contributed by atoms with E-state index in [2.05, 4.69) is 19.9 Å². The van der Waals surface area contributed by atoms with E-state index in [1.54, 1.807) is 13.8 Å². The van der Waals surface area contributed by atoms with Gasteiger partial charge < -0.3 is 15.1 Å². The molecule has 0 aromatic rings. The lowest BCUT2D eigenvalue weighted by Crippen LogP contribution is -2.53. The Labute approximate surface area is 156 Å². The molecule has 0 aromatic heterocycles. The second-order valence-corrected chi connectivity index (χ2v) is 7.12. The number of piperazine rings is 1. The molecule has 8 nitrogen and oxygen atoms in total. The molecule has 1 saturated heterocycles. The lowest BCUT2D eigenvalue weighted by molar-refractivity contribution is -0.130. The zero-order valence-corrected chi connectivity index (χ0v) is 17.2. The molecule has 1 aliphatic heterocycles. The van der Waals surface area contributed by atoms with E-state index in [4.69, 9.17) is 0 Å². The van der Waals surface area contributed by atoms with E-state index >= 15 is 0 Å². The van der Waals surface area contributed by atoms with E-state index in [0.717, 1.165) is 25.6 Å². The Bertz CT molecular complexity index is 490. The number of hydrogen-bond acceptors (Lipinski definition) is 4. The van der Waals surface area contributed by atoms with Gasteiger partial charge in [0.05, 0.1) is 12.3 Å². The molecule has 0 spiro atoms. The molecule has 1 heterocycles. The van der Waals surface area contributed by atoms with Crippen LogP contribution < -0.4 is 10.0 Å². The number of carbonyl (C=O) groups excluding carboxylic acids is 1. The minimum absolute atomic E-state index is 0. The Morgan fingerprint density at radius 2 is 1.70 bits per heavy atom. The van der Waals surface area contributed by atoms with E-state index < -0.39 is 10.0 Å². The van der Waals surface area contributed by atoms with Gasteiger partial charge in [-0.25, -0.2) is 13.1 Å². The molecule has 0 atom stereocenters. The first-order chi connectivity index (χ1) is 10.4. The highest BCUT2D eigenvalue weighted by molar-refractivity contribution is 14.0. The SMILES string of the molecule is CCNC(=NCCNS(=O)(=O)CC)N1CCN(C(C)=O)CC1.I. The number of nitrogens with zero attached hydrogens (tertiary/aromatic N) is 3. The van der Waals surface area contributed by atoms with Crippen molar-refractivity contribution in [1.29, 1.82) is 0 Å². The first-order valence-corrected chi connectivity index (χ1v) is 9.31. The summed E-state index contributed by atoms with van der Waals surface area (Å²) in [4.78, 5) is 19.7. The van der Waals surface area contributed by atoms with Crippen molar-refractivity contribution in [2.24, 2.45) is 4.99 Å². The summed E-state index contributed by atoms with van der Waals surface area (Å²) in [5.74, 6) is 0.931. The van der Waals surface area contributed by atoms with Gasteiger partial charge in [-0.2, -0.15) is 0 Å². The summed E-state index contributed by atoms with van der Waals surface area (Å²) in [6, 6.07) is 0. The minimum Gasteiger partial charge on any atom is -0.357 e. The number of aliphatic imine (C=N–C) groups is 1. The van der Waals surface area contributed by atoms with Crippen LogP contribution in [0.4, 0.5) is 0 Å². The van der Waals surface area contributed by atoms with Gasteiger partial charge in [-0.15, -0.1) is 24.0 Å². The Morgan fingerprint density at radius 1 is 1.13 bits per heavy atom. The van der Waals surface area contributed by atoms with Gasteiger partial charge in [0.2, 0.25) is 15.9 Å². The maximum atomic E-state index is 11.3. The number of amides is 1. The van der Waals surface area contributed by atoms with Crippen molar-refractivity contribution < 1.29 is 13.2 Å². The Hall–Kier alpha value is -0.620. The third kappa shape index (κ3) is 8.15. The highest BCUT2D eigenvalue weighted by Crippen LogP contribution is 2.02. The van der Waals surface area contributed by atoms with Crippen LogP contribution in [0.1, 0.15) is 20.8 Å². The number of hydrogen-bond donors (Lipinski definition) is 2. The standard InChI is InChI=1S/C13H27N5O3S.HI/c1-4-14-13(15-6-7-16-22(20,21)5-2)18-10-8-17(9-11-18)12(3)19;/h16H,4-11H2,1-3H3,(H,14,15);1H. The summed E-state index contributed by atoms with van der Waals surface area (Å²) in [6.45, 7) is 9.40. The molecule has 0 bridgehead atoms. The van der Waals surface area contributed by atoms with Crippen LogP contribution in [0.3, 0.4) is 0 Å². The largest absolute Gasteiger partial charge is 0.357 e. The van der Waals surface area contributed by atoms with Crippen LogP contribution >= 0.6 is 24.0 Å². The first-order valence-electron chi connectivity index (χ1n) is 7.65. The molecule has 0 aliphatic carbocycles. The number of halogens is 1. The van der Waals surface area contributed by atoms with Crippen molar-refractivity contribution in [3.63, 3.8) is 0 Å². The first kappa shape index (κ1) is 22.4. The lowest BCUT2D eigenvalue weighted by atomic mass is 10.3. The normalized spacial score (nSPS) is 16.0. The molecule has 0 aromatic carbocycles. The van der Waals surface area contributed by atoms with Crippen molar-refractivity contribution in [2.75, 3.05) is 51.6 Å². The fourth-order valence-electron chi connectivity index (χ4n) is 2.12. The zero-order valence-electron chi connectivity index (χ0n) is 14.0. The maximum absolute atomic E-state index is 11.3. The van der Waals surface area contributed by atoms with E-state index in [-0.39, 0.29) is 35.6 Å². The smallest absolute Gasteiger partial charge is 0.219 e. The highest BCUT2D eigenvalue weighted by Gasteiger charge is 2.20. The molecule has 1 fully saturated rings. The molecule has 0 unspecified atom stereocenters. The number of nitrogens with one attached hydrogen (secondary N) is 2. The number of carbonyl (C=O) groups is 1. The van der Waals surface area contributed by atoms with Gasteiger partial charge in [0.25, 0.3) is 0 Å². The highest BCUT2D eigenvalue weighted by atomic mass is 127. The second-order valence-electron chi connectivity index (χ2n) is 5.03.